The average Bonchev–Trinajstić information content (AvgIpc) is 2.77. The van der Waals surface area contributed by atoms with Gasteiger partial charge in [-0.3, -0.25) is 9.69 Å². The Bertz CT molecular complexity index is 637. The van der Waals surface area contributed by atoms with Gasteiger partial charge in [0.2, 0.25) is 0 Å². The lowest BCUT2D eigenvalue weighted by molar-refractivity contribution is -0.137. The van der Waals surface area contributed by atoms with Crippen LogP contribution in [-0.2, 0) is 22.3 Å². The van der Waals surface area contributed by atoms with E-state index in [0.29, 0.717) is 24.9 Å². The number of carbonyl (C=O) groups excluding carboxylic acids is 1. The summed E-state index contributed by atoms with van der Waals surface area (Å²) in [5.41, 5.74) is 0.354. The number of benzene rings is 1. The molecule has 0 aliphatic carbocycles. The fourth-order valence-electron chi connectivity index (χ4n) is 3.35. The molecule has 0 bridgehead atoms. The van der Waals surface area contributed by atoms with E-state index in [1.165, 1.54) is 6.07 Å². The second-order valence-electron chi connectivity index (χ2n) is 6.66. The van der Waals surface area contributed by atoms with Crippen LogP contribution < -0.4 is 5.32 Å². The van der Waals surface area contributed by atoms with Crippen LogP contribution in [0.25, 0.3) is 0 Å². The number of aryl methyl sites for hydroxylation is 1. The van der Waals surface area contributed by atoms with Gasteiger partial charge in [0.1, 0.15) is 11.8 Å². The number of amides is 1. The van der Waals surface area contributed by atoms with Gasteiger partial charge in [0.25, 0.3) is 5.91 Å². The minimum atomic E-state index is -4.31. The van der Waals surface area contributed by atoms with Crippen LogP contribution in [-0.4, -0.2) is 35.7 Å². The molecule has 132 valence electrons. The fraction of sp³-hybridized carbons (Fsp3) is 0.588. The minimum absolute atomic E-state index is 0.0815. The predicted molar refractivity (Wildman–Crippen MR) is 82.1 cm³/mol. The molecule has 2 saturated heterocycles. The molecule has 24 heavy (non-hydrogen) atoms. The Morgan fingerprint density at radius 3 is 2.50 bits per heavy atom. The molecule has 1 aromatic carbocycles. The first-order valence-electron chi connectivity index (χ1n) is 8.07. The van der Waals surface area contributed by atoms with E-state index in [4.69, 9.17) is 4.74 Å². The van der Waals surface area contributed by atoms with Gasteiger partial charge in [-0.2, -0.15) is 13.2 Å². The van der Waals surface area contributed by atoms with Crippen molar-refractivity contribution in [3.05, 3.63) is 34.9 Å². The molecule has 1 N–H and O–H groups in total. The Hall–Kier alpha value is -1.60. The van der Waals surface area contributed by atoms with Crippen LogP contribution in [0.1, 0.15) is 36.5 Å². The second-order valence-corrected chi connectivity index (χ2v) is 6.66. The van der Waals surface area contributed by atoms with Crippen molar-refractivity contribution in [1.82, 2.24) is 10.2 Å². The lowest BCUT2D eigenvalue weighted by Crippen LogP contribution is -2.51. The minimum Gasteiger partial charge on any atom is -0.343 e. The van der Waals surface area contributed by atoms with Crippen molar-refractivity contribution in [2.75, 3.05) is 13.1 Å². The summed E-state index contributed by atoms with van der Waals surface area (Å²) < 4.78 is 44.0. The molecule has 2 aliphatic heterocycles. The van der Waals surface area contributed by atoms with Gasteiger partial charge in [0.15, 0.2) is 0 Å². The number of carbonyl (C=O) groups is 1. The molecule has 2 heterocycles. The quantitative estimate of drug-likeness (QED) is 0.899. The van der Waals surface area contributed by atoms with E-state index in [0.717, 1.165) is 24.7 Å². The molecule has 2 fully saturated rings. The smallest absolute Gasteiger partial charge is 0.343 e. The van der Waals surface area contributed by atoms with E-state index in [1.807, 2.05) is 0 Å². The van der Waals surface area contributed by atoms with Crippen LogP contribution in [0.5, 0.6) is 0 Å². The predicted octanol–water partition coefficient (Wildman–Crippen LogP) is 2.84. The van der Waals surface area contributed by atoms with E-state index in [1.54, 1.807) is 19.9 Å². The van der Waals surface area contributed by atoms with E-state index >= 15 is 0 Å². The maximum atomic E-state index is 12.7. The number of alkyl halides is 3. The standard InChI is InChI=1S/C17H21F3N2O2/c1-11-9-14(17(18,19)20)4-3-13(11)10-22-7-5-16(6-8-22)21-15(23)12(2)24-16/h3-4,9,12H,5-8,10H2,1-2H3,(H,21,23)/t12-/m0/s1. The monoisotopic (exact) mass is 342 g/mol. The van der Waals surface area contributed by atoms with Gasteiger partial charge in [0.05, 0.1) is 5.56 Å². The van der Waals surface area contributed by atoms with Crippen LogP contribution in [0.15, 0.2) is 18.2 Å². The highest BCUT2D eigenvalue weighted by Gasteiger charge is 2.45. The molecule has 1 aromatic rings. The Kier molecular flexibility index (Phi) is 4.34. The number of halogens is 3. The van der Waals surface area contributed by atoms with Crippen LogP contribution in [0, 0.1) is 6.92 Å². The molecular formula is C17H21F3N2O2. The fourth-order valence-corrected chi connectivity index (χ4v) is 3.35. The number of likely N-dealkylation sites (tertiary alicyclic amines) is 1. The van der Waals surface area contributed by atoms with Crippen LogP contribution >= 0.6 is 0 Å². The number of nitrogens with zero attached hydrogens (tertiary/aromatic N) is 1. The summed E-state index contributed by atoms with van der Waals surface area (Å²) in [4.78, 5) is 13.8. The molecule has 7 heteroatoms. The zero-order valence-corrected chi connectivity index (χ0v) is 13.7. The summed E-state index contributed by atoms with van der Waals surface area (Å²) in [5, 5.41) is 2.93. The third-order valence-electron chi connectivity index (χ3n) is 4.85. The SMILES string of the molecule is Cc1cc(C(F)(F)F)ccc1CN1CCC2(CC1)NC(=O)[C@H](C)O2. The van der Waals surface area contributed by atoms with Gasteiger partial charge in [-0.05, 0) is 37.1 Å². The summed E-state index contributed by atoms with van der Waals surface area (Å²) in [7, 11) is 0. The highest BCUT2D eigenvalue weighted by molar-refractivity contribution is 5.82. The van der Waals surface area contributed by atoms with E-state index in [-0.39, 0.29) is 5.91 Å². The second kappa shape index (κ2) is 6.04. The van der Waals surface area contributed by atoms with Crippen LogP contribution in [0.3, 0.4) is 0 Å². The van der Waals surface area contributed by atoms with Crippen molar-refractivity contribution in [3.8, 4) is 0 Å². The molecule has 2 aliphatic rings. The average molecular weight is 342 g/mol. The van der Waals surface area contributed by atoms with Crippen LogP contribution in [0.4, 0.5) is 13.2 Å². The Balaban J connectivity index is 1.62. The lowest BCUT2D eigenvalue weighted by atomic mass is 9.99. The number of ether oxygens (including phenoxy) is 1. The summed E-state index contributed by atoms with van der Waals surface area (Å²) >= 11 is 0. The molecule has 4 nitrogen and oxygen atoms in total. The Morgan fingerprint density at radius 2 is 2.00 bits per heavy atom. The van der Waals surface area contributed by atoms with Crippen molar-refractivity contribution in [2.24, 2.45) is 0 Å². The summed E-state index contributed by atoms with van der Waals surface area (Å²) in [6.07, 6.45) is -3.37. The summed E-state index contributed by atoms with van der Waals surface area (Å²) in [6, 6.07) is 3.89. The number of nitrogens with one attached hydrogen (secondary N) is 1. The van der Waals surface area contributed by atoms with Crippen molar-refractivity contribution in [3.63, 3.8) is 0 Å². The molecule has 1 spiro atoms. The first-order valence-corrected chi connectivity index (χ1v) is 8.07. The molecule has 1 atom stereocenters. The molecular weight excluding hydrogens is 321 g/mol. The first-order chi connectivity index (χ1) is 11.2. The molecule has 1 amide bonds. The van der Waals surface area contributed by atoms with Crippen LogP contribution in [0.2, 0.25) is 0 Å². The Labute approximate surface area is 139 Å². The highest BCUT2D eigenvalue weighted by Crippen LogP contribution is 2.32. The summed E-state index contributed by atoms with van der Waals surface area (Å²) in [5.74, 6) is -0.0815. The van der Waals surface area contributed by atoms with Crippen molar-refractivity contribution >= 4 is 5.91 Å². The van der Waals surface area contributed by atoms with Crippen molar-refractivity contribution < 1.29 is 22.7 Å². The molecule has 0 unspecified atom stereocenters. The molecule has 3 rings (SSSR count). The number of hydrogen-bond donors (Lipinski definition) is 1. The lowest BCUT2D eigenvalue weighted by Gasteiger charge is -2.38. The molecule has 0 saturated carbocycles. The maximum Gasteiger partial charge on any atom is 0.416 e. The normalized spacial score (nSPS) is 24.4. The first kappa shape index (κ1) is 17.2. The van der Waals surface area contributed by atoms with E-state index < -0.39 is 23.6 Å². The van der Waals surface area contributed by atoms with Crippen molar-refractivity contribution in [1.29, 1.82) is 0 Å². The third-order valence-corrected chi connectivity index (χ3v) is 4.85. The molecule has 0 radical (unpaired) electrons. The zero-order valence-electron chi connectivity index (χ0n) is 13.7. The highest BCUT2D eigenvalue weighted by atomic mass is 19.4. The van der Waals surface area contributed by atoms with Gasteiger partial charge in [-0.25, -0.2) is 0 Å². The van der Waals surface area contributed by atoms with Crippen molar-refractivity contribution in [2.45, 2.75) is 51.2 Å². The molecule has 0 aromatic heterocycles. The van der Waals surface area contributed by atoms with Gasteiger partial charge < -0.3 is 10.1 Å². The number of piperidine rings is 1. The van der Waals surface area contributed by atoms with Gasteiger partial charge in [-0.1, -0.05) is 6.07 Å². The third kappa shape index (κ3) is 3.42. The van der Waals surface area contributed by atoms with Gasteiger partial charge in [0, 0.05) is 32.5 Å². The summed E-state index contributed by atoms with van der Waals surface area (Å²) in [6.45, 7) is 5.50. The van der Waals surface area contributed by atoms with Gasteiger partial charge >= 0.3 is 6.18 Å². The largest absolute Gasteiger partial charge is 0.416 e. The van der Waals surface area contributed by atoms with E-state index in [2.05, 4.69) is 10.2 Å². The Morgan fingerprint density at radius 1 is 1.33 bits per heavy atom. The van der Waals surface area contributed by atoms with E-state index in [9.17, 15) is 18.0 Å². The zero-order chi connectivity index (χ0) is 17.5. The maximum absolute atomic E-state index is 12.7. The topological polar surface area (TPSA) is 41.6 Å². The van der Waals surface area contributed by atoms with Gasteiger partial charge in [-0.15, -0.1) is 0 Å². The number of rotatable bonds is 2. The number of hydrogen-bond acceptors (Lipinski definition) is 3.